The molecule has 2 heterocycles. The molecule has 0 radical (unpaired) electrons. The van der Waals surface area contributed by atoms with Crippen LogP contribution in [-0.4, -0.2) is 40.1 Å². The molecule has 0 saturated carbocycles. The molecule has 106 valence electrons. The molecule has 0 aliphatic carbocycles. The summed E-state index contributed by atoms with van der Waals surface area (Å²) in [5.41, 5.74) is 0.487. The normalized spacial score (nSPS) is 17.8. The van der Waals surface area contributed by atoms with Gasteiger partial charge in [-0.2, -0.15) is 0 Å². The number of carbonyl (C=O) groups is 2. The first-order valence-electron chi connectivity index (χ1n) is 6.28. The van der Waals surface area contributed by atoms with Crippen molar-refractivity contribution in [2.45, 2.75) is 13.8 Å². The standard InChI is InChI=1S/C14H17N3O3/c1-14(2,9-18)8-17-12(19)11(16-13(17)20)7-10-3-5-15-6-4-10/h3-7,18H,8-9H2,1-2H3,(H,16,20)/b11-7-. The predicted octanol–water partition coefficient (Wildman–Crippen LogP) is 0.993. The molecular formula is C14H17N3O3. The Morgan fingerprint density at radius 1 is 1.35 bits per heavy atom. The number of urea groups is 1. The zero-order chi connectivity index (χ0) is 14.8. The highest BCUT2D eigenvalue weighted by atomic mass is 16.3. The fraction of sp³-hybridized carbons (Fsp3) is 0.357. The highest BCUT2D eigenvalue weighted by Gasteiger charge is 2.36. The van der Waals surface area contributed by atoms with Crippen molar-refractivity contribution in [3.05, 3.63) is 35.8 Å². The van der Waals surface area contributed by atoms with E-state index in [-0.39, 0.29) is 24.8 Å². The topological polar surface area (TPSA) is 82.5 Å². The van der Waals surface area contributed by atoms with Gasteiger partial charge < -0.3 is 10.4 Å². The van der Waals surface area contributed by atoms with Crippen LogP contribution in [0.5, 0.6) is 0 Å². The summed E-state index contributed by atoms with van der Waals surface area (Å²) in [6.45, 7) is 3.64. The smallest absolute Gasteiger partial charge is 0.329 e. The van der Waals surface area contributed by atoms with E-state index in [1.54, 1.807) is 44.4 Å². The lowest BCUT2D eigenvalue weighted by atomic mass is 9.94. The average molecular weight is 275 g/mol. The van der Waals surface area contributed by atoms with Crippen LogP contribution in [0.2, 0.25) is 0 Å². The van der Waals surface area contributed by atoms with Gasteiger partial charge in [-0.1, -0.05) is 13.8 Å². The van der Waals surface area contributed by atoms with Crippen LogP contribution >= 0.6 is 0 Å². The van der Waals surface area contributed by atoms with Gasteiger partial charge in [0.1, 0.15) is 5.70 Å². The van der Waals surface area contributed by atoms with Gasteiger partial charge in [-0.15, -0.1) is 0 Å². The maximum atomic E-state index is 12.2. The van der Waals surface area contributed by atoms with E-state index in [0.717, 1.165) is 10.5 Å². The highest BCUT2D eigenvalue weighted by Crippen LogP contribution is 2.21. The van der Waals surface area contributed by atoms with Gasteiger partial charge in [0.05, 0.1) is 0 Å². The van der Waals surface area contributed by atoms with E-state index in [1.807, 2.05) is 0 Å². The summed E-state index contributed by atoms with van der Waals surface area (Å²) in [5, 5.41) is 11.8. The summed E-state index contributed by atoms with van der Waals surface area (Å²) in [6, 6.07) is 3.02. The number of carbonyl (C=O) groups excluding carboxylic acids is 2. The number of aliphatic hydroxyl groups excluding tert-OH is 1. The van der Waals surface area contributed by atoms with Crippen molar-refractivity contribution in [3.63, 3.8) is 0 Å². The summed E-state index contributed by atoms with van der Waals surface area (Å²) in [4.78, 5) is 29.0. The summed E-state index contributed by atoms with van der Waals surface area (Å²) in [5.74, 6) is -0.381. The van der Waals surface area contributed by atoms with E-state index >= 15 is 0 Å². The van der Waals surface area contributed by atoms with E-state index in [9.17, 15) is 14.7 Å². The molecule has 3 amide bonds. The molecular weight excluding hydrogens is 258 g/mol. The zero-order valence-electron chi connectivity index (χ0n) is 11.5. The molecule has 1 saturated heterocycles. The third-order valence-corrected chi connectivity index (χ3v) is 2.99. The molecule has 1 aliphatic heterocycles. The number of amides is 3. The van der Waals surface area contributed by atoms with Crippen LogP contribution in [0.25, 0.3) is 6.08 Å². The number of rotatable bonds is 4. The number of hydrogen-bond acceptors (Lipinski definition) is 4. The van der Waals surface area contributed by atoms with Crippen LogP contribution in [0.1, 0.15) is 19.4 Å². The van der Waals surface area contributed by atoms with E-state index < -0.39 is 11.4 Å². The second-order valence-electron chi connectivity index (χ2n) is 5.48. The van der Waals surface area contributed by atoms with E-state index in [1.165, 1.54) is 0 Å². The molecule has 0 bridgehead atoms. The van der Waals surface area contributed by atoms with Crippen LogP contribution in [0.3, 0.4) is 0 Å². The minimum absolute atomic E-state index is 0.104. The molecule has 6 nitrogen and oxygen atoms in total. The number of aromatic nitrogens is 1. The zero-order valence-corrected chi connectivity index (χ0v) is 11.5. The van der Waals surface area contributed by atoms with Crippen molar-refractivity contribution in [1.29, 1.82) is 0 Å². The first-order chi connectivity index (χ1) is 9.43. The number of nitrogens with one attached hydrogen (secondary N) is 1. The molecule has 0 spiro atoms. The molecule has 0 atom stereocenters. The second kappa shape index (κ2) is 5.42. The van der Waals surface area contributed by atoms with Crippen molar-refractivity contribution in [1.82, 2.24) is 15.2 Å². The Morgan fingerprint density at radius 3 is 2.60 bits per heavy atom. The van der Waals surface area contributed by atoms with Gasteiger partial charge in [0.25, 0.3) is 5.91 Å². The lowest BCUT2D eigenvalue weighted by molar-refractivity contribution is -0.124. The van der Waals surface area contributed by atoms with Gasteiger partial charge >= 0.3 is 6.03 Å². The minimum Gasteiger partial charge on any atom is -0.396 e. The molecule has 1 fully saturated rings. The van der Waals surface area contributed by atoms with E-state index in [4.69, 9.17) is 0 Å². The Hall–Kier alpha value is -2.21. The Bertz CT molecular complexity index is 552. The number of nitrogens with zero attached hydrogens (tertiary/aromatic N) is 2. The predicted molar refractivity (Wildman–Crippen MR) is 73.3 cm³/mol. The summed E-state index contributed by atoms with van der Waals surface area (Å²) in [6.07, 6.45) is 4.83. The Balaban J connectivity index is 2.19. The molecule has 1 aromatic rings. The summed E-state index contributed by atoms with van der Waals surface area (Å²) in [7, 11) is 0. The monoisotopic (exact) mass is 275 g/mol. The van der Waals surface area contributed by atoms with Crippen molar-refractivity contribution < 1.29 is 14.7 Å². The van der Waals surface area contributed by atoms with Crippen LogP contribution < -0.4 is 5.32 Å². The number of hydrogen-bond donors (Lipinski definition) is 2. The van der Waals surface area contributed by atoms with Crippen molar-refractivity contribution >= 4 is 18.0 Å². The number of aliphatic hydroxyl groups is 1. The number of pyridine rings is 1. The second-order valence-corrected chi connectivity index (χ2v) is 5.48. The van der Waals surface area contributed by atoms with Crippen molar-refractivity contribution in [3.8, 4) is 0 Å². The maximum Gasteiger partial charge on any atom is 0.329 e. The molecule has 0 unspecified atom stereocenters. The summed E-state index contributed by atoms with van der Waals surface area (Å²) < 4.78 is 0. The fourth-order valence-electron chi connectivity index (χ4n) is 1.82. The lowest BCUT2D eigenvalue weighted by Gasteiger charge is -2.25. The maximum absolute atomic E-state index is 12.2. The third-order valence-electron chi connectivity index (χ3n) is 2.99. The van der Waals surface area contributed by atoms with Crippen LogP contribution in [-0.2, 0) is 4.79 Å². The molecule has 0 aromatic carbocycles. The van der Waals surface area contributed by atoms with Crippen molar-refractivity contribution in [2.24, 2.45) is 5.41 Å². The molecule has 2 N–H and O–H groups in total. The van der Waals surface area contributed by atoms with Crippen molar-refractivity contribution in [2.75, 3.05) is 13.2 Å². The van der Waals surface area contributed by atoms with Crippen LogP contribution in [0, 0.1) is 5.41 Å². The molecule has 20 heavy (non-hydrogen) atoms. The molecule has 1 aliphatic rings. The summed E-state index contributed by atoms with van der Waals surface area (Å²) >= 11 is 0. The van der Waals surface area contributed by atoms with Gasteiger partial charge in [0.2, 0.25) is 0 Å². The number of imide groups is 1. The highest BCUT2D eigenvalue weighted by molar-refractivity contribution is 6.13. The lowest BCUT2D eigenvalue weighted by Crippen LogP contribution is -2.40. The van der Waals surface area contributed by atoms with Gasteiger partial charge in [0.15, 0.2) is 0 Å². The molecule has 2 rings (SSSR count). The van der Waals surface area contributed by atoms with Gasteiger partial charge in [-0.05, 0) is 23.8 Å². The average Bonchev–Trinajstić information content (AvgIpc) is 2.67. The minimum atomic E-state index is -0.529. The Morgan fingerprint density at radius 2 is 2.00 bits per heavy atom. The Labute approximate surface area is 117 Å². The van der Waals surface area contributed by atoms with Gasteiger partial charge in [0, 0.05) is 31.0 Å². The first kappa shape index (κ1) is 14.2. The van der Waals surface area contributed by atoms with Crippen LogP contribution in [0.4, 0.5) is 4.79 Å². The largest absolute Gasteiger partial charge is 0.396 e. The Kier molecular flexibility index (Phi) is 3.85. The van der Waals surface area contributed by atoms with E-state index in [2.05, 4.69) is 10.3 Å². The van der Waals surface area contributed by atoms with E-state index in [0.29, 0.717) is 0 Å². The first-order valence-corrected chi connectivity index (χ1v) is 6.28. The SMILES string of the molecule is CC(C)(CO)CN1C(=O)N/C(=C\c2ccncc2)C1=O. The molecule has 6 heteroatoms. The quantitative estimate of drug-likeness (QED) is 0.634. The fourth-order valence-corrected chi connectivity index (χ4v) is 1.82. The molecule has 1 aromatic heterocycles. The van der Waals surface area contributed by atoms with Gasteiger partial charge in [-0.3, -0.25) is 14.7 Å². The van der Waals surface area contributed by atoms with Crippen LogP contribution in [0.15, 0.2) is 30.2 Å². The third kappa shape index (κ3) is 3.03. The van der Waals surface area contributed by atoms with Gasteiger partial charge in [-0.25, -0.2) is 4.79 Å².